The normalized spacial score (nSPS) is 17.5. The van der Waals surface area contributed by atoms with Gasteiger partial charge in [0.25, 0.3) is 0 Å². The number of Topliss-reactive ketones (excluding diaryl/α,β-unsaturated/α-hetero) is 2. The Morgan fingerprint density at radius 2 is 1.14 bits per heavy atom. The van der Waals surface area contributed by atoms with E-state index < -0.39 is 54.8 Å². The highest BCUT2D eigenvalue weighted by atomic mass is 16.5. The molecule has 0 bridgehead atoms. The number of hydrogen-bond acceptors (Lipinski definition) is 10. The predicted octanol–water partition coefficient (Wildman–Crippen LogP) is -1.83. The average Bonchev–Trinajstić information content (AvgIpc) is 2.72. The van der Waals surface area contributed by atoms with E-state index in [9.17, 15) is 35.1 Å². The van der Waals surface area contributed by atoms with Gasteiger partial charge in [0.1, 0.15) is 11.2 Å². The van der Waals surface area contributed by atoms with Crippen LogP contribution in [0, 0.1) is 0 Å². The first-order chi connectivity index (χ1) is 13.0. The molecule has 0 fully saturated rings. The largest absolute Gasteiger partial charge is 0.394 e. The van der Waals surface area contributed by atoms with Crippen LogP contribution in [0.5, 0.6) is 0 Å². The van der Waals surface area contributed by atoms with Crippen LogP contribution in [0.15, 0.2) is 0 Å². The molecule has 168 valence electrons. The molecule has 0 aliphatic rings. The van der Waals surface area contributed by atoms with Crippen molar-refractivity contribution in [3.8, 4) is 0 Å². The van der Waals surface area contributed by atoms with E-state index in [1.807, 2.05) is 13.8 Å². The van der Waals surface area contributed by atoms with Crippen LogP contribution in [0.3, 0.4) is 0 Å². The maximum atomic E-state index is 12.4. The summed E-state index contributed by atoms with van der Waals surface area (Å²) in [7, 11) is 0. The second kappa shape index (κ2) is 14.1. The summed E-state index contributed by atoms with van der Waals surface area (Å²) in [5, 5.41) is 57.8. The molecule has 0 spiro atoms. The molecule has 0 radical (unpaired) electrons. The van der Waals surface area contributed by atoms with Crippen molar-refractivity contribution in [1.82, 2.24) is 0 Å². The Balaban J connectivity index is 0. The van der Waals surface area contributed by atoms with Crippen molar-refractivity contribution in [2.75, 3.05) is 46.2 Å². The van der Waals surface area contributed by atoms with Crippen LogP contribution in [0.4, 0.5) is 0 Å². The third-order valence-corrected chi connectivity index (χ3v) is 4.24. The average molecular weight is 412 g/mol. The van der Waals surface area contributed by atoms with Crippen molar-refractivity contribution in [2.24, 2.45) is 0 Å². The Morgan fingerprint density at radius 3 is 1.36 bits per heavy atom. The van der Waals surface area contributed by atoms with Crippen LogP contribution < -0.4 is 0 Å². The highest BCUT2D eigenvalue weighted by molar-refractivity contribution is 6.16. The fraction of sp³-hybridized carbons (Fsp3) is 0.889. The van der Waals surface area contributed by atoms with Crippen molar-refractivity contribution in [3.05, 3.63) is 0 Å². The minimum atomic E-state index is -2.99. The zero-order valence-corrected chi connectivity index (χ0v) is 17.2. The Morgan fingerprint density at radius 1 is 0.750 bits per heavy atom. The summed E-state index contributed by atoms with van der Waals surface area (Å²) in [6.07, 6.45) is -0.608. The van der Waals surface area contributed by atoms with Crippen molar-refractivity contribution >= 4 is 11.6 Å². The zero-order chi connectivity index (χ0) is 22.4. The summed E-state index contributed by atoms with van der Waals surface area (Å²) < 4.78 is 9.66. The topological polar surface area (TPSA) is 174 Å². The van der Waals surface area contributed by atoms with Gasteiger partial charge < -0.3 is 40.1 Å². The number of aliphatic hydroxyl groups excluding tert-OH is 3. The second-order valence-electron chi connectivity index (χ2n) is 6.16. The number of aliphatic hydroxyl groups is 6. The van der Waals surface area contributed by atoms with Gasteiger partial charge in [-0.25, -0.2) is 0 Å². The highest BCUT2D eigenvalue weighted by Crippen LogP contribution is 2.27. The SMILES string of the molecule is CCC(O)(CO)C(=O)C(O)(COCCO)C(=O)C(O)(CC)CO.CCOCC. The molecule has 2 unspecified atom stereocenters. The van der Waals surface area contributed by atoms with Crippen LogP contribution in [0.25, 0.3) is 0 Å². The molecule has 0 aliphatic carbocycles. The first-order valence-electron chi connectivity index (χ1n) is 9.28. The third kappa shape index (κ3) is 7.80. The lowest BCUT2D eigenvalue weighted by Crippen LogP contribution is -2.66. The van der Waals surface area contributed by atoms with Crippen molar-refractivity contribution in [2.45, 2.75) is 57.3 Å². The van der Waals surface area contributed by atoms with Gasteiger partial charge in [-0.1, -0.05) is 13.8 Å². The highest BCUT2D eigenvalue weighted by Gasteiger charge is 2.57. The molecule has 6 N–H and O–H groups in total. The smallest absolute Gasteiger partial charge is 0.211 e. The number of carbonyl (C=O) groups is 2. The molecule has 2 atom stereocenters. The lowest BCUT2D eigenvalue weighted by Gasteiger charge is -2.37. The molecule has 0 saturated heterocycles. The predicted molar refractivity (Wildman–Crippen MR) is 99.7 cm³/mol. The van der Waals surface area contributed by atoms with E-state index in [0.717, 1.165) is 13.2 Å². The molecule has 28 heavy (non-hydrogen) atoms. The third-order valence-electron chi connectivity index (χ3n) is 4.24. The van der Waals surface area contributed by atoms with E-state index in [1.54, 1.807) is 0 Å². The van der Waals surface area contributed by atoms with Gasteiger partial charge in [0.05, 0.1) is 33.0 Å². The van der Waals surface area contributed by atoms with Crippen molar-refractivity contribution in [3.63, 3.8) is 0 Å². The Kier molecular flexibility index (Phi) is 14.7. The van der Waals surface area contributed by atoms with Gasteiger partial charge in [-0.3, -0.25) is 9.59 Å². The molecule has 0 aromatic carbocycles. The molecular formula is C18H36O10. The standard InChI is InChI=1S/C14H26O9.C4H10O/c1-3-12(20,7-16)10(18)14(22,9-23-6-5-15)11(19)13(21,4-2)8-17;1-3-5-4-2/h15-17,20-22H,3-9H2,1-2H3;3-4H2,1-2H3. The first kappa shape index (κ1) is 29.2. The summed E-state index contributed by atoms with van der Waals surface area (Å²) in [6, 6.07) is 0. The minimum absolute atomic E-state index is 0.304. The van der Waals surface area contributed by atoms with Gasteiger partial charge in [-0.15, -0.1) is 0 Å². The fourth-order valence-corrected chi connectivity index (χ4v) is 2.18. The lowest BCUT2D eigenvalue weighted by molar-refractivity contribution is -0.185. The molecule has 0 aromatic heterocycles. The summed E-state index contributed by atoms with van der Waals surface area (Å²) >= 11 is 0. The van der Waals surface area contributed by atoms with E-state index in [2.05, 4.69) is 0 Å². The maximum absolute atomic E-state index is 12.4. The van der Waals surface area contributed by atoms with Gasteiger partial charge in [0, 0.05) is 13.2 Å². The lowest BCUT2D eigenvalue weighted by atomic mass is 9.76. The number of rotatable bonds is 14. The molecule has 10 nitrogen and oxygen atoms in total. The van der Waals surface area contributed by atoms with Gasteiger partial charge in [0.15, 0.2) is 0 Å². The minimum Gasteiger partial charge on any atom is -0.394 e. The molecule has 0 aromatic rings. The van der Waals surface area contributed by atoms with E-state index >= 15 is 0 Å². The van der Waals surface area contributed by atoms with Crippen LogP contribution in [0.1, 0.15) is 40.5 Å². The molecule has 0 amide bonds. The summed E-state index contributed by atoms with van der Waals surface area (Å²) in [4.78, 5) is 24.9. The zero-order valence-electron chi connectivity index (χ0n) is 17.2. The molecular weight excluding hydrogens is 376 g/mol. The van der Waals surface area contributed by atoms with E-state index in [0.29, 0.717) is 0 Å². The van der Waals surface area contributed by atoms with E-state index in [4.69, 9.17) is 14.6 Å². The van der Waals surface area contributed by atoms with Crippen LogP contribution in [-0.4, -0.2) is 105 Å². The summed E-state index contributed by atoms with van der Waals surface area (Å²) in [5.74, 6) is -2.89. The Hall–Kier alpha value is -0.980. The number of ether oxygens (including phenoxy) is 2. The monoisotopic (exact) mass is 412 g/mol. The van der Waals surface area contributed by atoms with Crippen LogP contribution >= 0.6 is 0 Å². The molecule has 0 heterocycles. The summed E-state index contributed by atoms with van der Waals surface area (Å²) in [5.41, 5.74) is -7.83. The maximum Gasteiger partial charge on any atom is 0.211 e. The molecule has 10 heteroatoms. The fourth-order valence-electron chi connectivity index (χ4n) is 2.18. The van der Waals surface area contributed by atoms with Gasteiger partial charge in [0.2, 0.25) is 17.2 Å². The Bertz CT molecular complexity index is 412. The van der Waals surface area contributed by atoms with E-state index in [1.165, 1.54) is 13.8 Å². The second-order valence-corrected chi connectivity index (χ2v) is 6.16. The molecule has 0 aliphatic heterocycles. The van der Waals surface area contributed by atoms with Gasteiger partial charge >= 0.3 is 0 Å². The van der Waals surface area contributed by atoms with E-state index in [-0.39, 0.29) is 19.4 Å². The first-order valence-corrected chi connectivity index (χ1v) is 9.28. The van der Waals surface area contributed by atoms with Gasteiger partial charge in [-0.05, 0) is 26.7 Å². The van der Waals surface area contributed by atoms with Gasteiger partial charge in [-0.2, -0.15) is 0 Å². The molecule has 0 saturated carbocycles. The number of carbonyl (C=O) groups excluding carboxylic acids is 2. The molecule has 0 rings (SSSR count). The van der Waals surface area contributed by atoms with Crippen molar-refractivity contribution in [1.29, 1.82) is 0 Å². The van der Waals surface area contributed by atoms with Crippen molar-refractivity contribution < 1.29 is 49.7 Å². The van der Waals surface area contributed by atoms with Crippen LogP contribution in [0.2, 0.25) is 0 Å². The number of hydrogen-bond donors (Lipinski definition) is 6. The number of ketones is 2. The summed E-state index contributed by atoms with van der Waals surface area (Å²) in [6.45, 7) is 4.56. The Labute approximate surface area is 165 Å². The van der Waals surface area contributed by atoms with Crippen LogP contribution in [-0.2, 0) is 19.1 Å². The quantitative estimate of drug-likeness (QED) is 0.141.